The first kappa shape index (κ1) is 25.5. The molecule has 196 valence electrons. The van der Waals surface area contributed by atoms with Gasteiger partial charge in [-0.1, -0.05) is 60.7 Å². The SMILES string of the molecule is COc1cccc2c1-c1ccc3c(c1C(CC=CCOC(=O)NCc1ccccc1)O2)C(C)=CC(C)(C)N3. The van der Waals surface area contributed by atoms with Gasteiger partial charge in [0.25, 0.3) is 0 Å². The average Bonchev–Trinajstić information content (AvgIpc) is 2.90. The number of ether oxygens (including phenoxy) is 3. The van der Waals surface area contributed by atoms with Crippen LogP contribution in [0.2, 0.25) is 0 Å². The summed E-state index contributed by atoms with van der Waals surface area (Å²) in [5.74, 6) is 1.59. The zero-order valence-electron chi connectivity index (χ0n) is 22.3. The number of hydrogen-bond acceptors (Lipinski definition) is 5. The molecule has 0 saturated heterocycles. The molecule has 38 heavy (non-hydrogen) atoms. The van der Waals surface area contributed by atoms with E-state index in [1.54, 1.807) is 7.11 Å². The second-order valence-electron chi connectivity index (χ2n) is 10.2. The van der Waals surface area contributed by atoms with Gasteiger partial charge in [-0.05, 0) is 55.7 Å². The molecule has 0 spiro atoms. The third kappa shape index (κ3) is 5.25. The average molecular weight is 511 g/mol. The van der Waals surface area contributed by atoms with Crippen LogP contribution in [0.25, 0.3) is 16.7 Å². The summed E-state index contributed by atoms with van der Waals surface area (Å²) in [4.78, 5) is 12.1. The number of hydrogen-bond donors (Lipinski definition) is 2. The first-order valence-electron chi connectivity index (χ1n) is 12.9. The third-order valence-corrected chi connectivity index (χ3v) is 6.85. The Morgan fingerprint density at radius 2 is 1.87 bits per heavy atom. The minimum Gasteiger partial charge on any atom is -0.496 e. The summed E-state index contributed by atoms with van der Waals surface area (Å²) in [5, 5.41) is 6.43. The van der Waals surface area contributed by atoms with E-state index in [-0.39, 0.29) is 18.2 Å². The highest BCUT2D eigenvalue weighted by Crippen LogP contribution is 2.52. The van der Waals surface area contributed by atoms with Gasteiger partial charge in [0.2, 0.25) is 0 Å². The van der Waals surface area contributed by atoms with E-state index in [0.717, 1.165) is 39.4 Å². The first-order valence-corrected chi connectivity index (χ1v) is 12.9. The Bertz CT molecular complexity index is 1390. The van der Waals surface area contributed by atoms with Crippen molar-refractivity contribution in [1.82, 2.24) is 5.32 Å². The summed E-state index contributed by atoms with van der Waals surface area (Å²) < 4.78 is 17.6. The molecule has 1 amide bonds. The number of carbonyl (C=O) groups excluding carboxylic acids is 1. The quantitative estimate of drug-likeness (QED) is 0.327. The van der Waals surface area contributed by atoms with Gasteiger partial charge in [-0.2, -0.15) is 0 Å². The van der Waals surface area contributed by atoms with Crippen LogP contribution in [0.1, 0.15) is 50.0 Å². The van der Waals surface area contributed by atoms with Crippen molar-refractivity contribution in [2.75, 3.05) is 19.0 Å². The lowest BCUT2D eigenvalue weighted by Crippen LogP contribution is -2.32. The van der Waals surface area contributed by atoms with Crippen LogP contribution >= 0.6 is 0 Å². The van der Waals surface area contributed by atoms with Crippen molar-refractivity contribution < 1.29 is 19.0 Å². The van der Waals surface area contributed by atoms with Crippen LogP contribution in [-0.2, 0) is 11.3 Å². The Morgan fingerprint density at radius 1 is 1.05 bits per heavy atom. The number of methoxy groups -OCH3 is 1. The van der Waals surface area contributed by atoms with E-state index in [4.69, 9.17) is 14.2 Å². The van der Waals surface area contributed by atoms with Crippen molar-refractivity contribution in [2.45, 2.75) is 45.4 Å². The smallest absolute Gasteiger partial charge is 0.407 e. The number of rotatable bonds is 7. The maximum atomic E-state index is 12.1. The lowest BCUT2D eigenvalue weighted by molar-refractivity contribution is 0.157. The number of fused-ring (bicyclic) bond motifs is 5. The van der Waals surface area contributed by atoms with Crippen molar-refractivity contribution in [3.63, 3.8) is 0 Å². The molecule has 2 aliphatic heterocycles. The van der Waals surface area contributed by atoms with Crippen molar-refractivity contribution in [3.8, 4) is 22.6 Å². The zero-order chi connectivity index (χ0) is 26.7. The molecule has 2 heterocycles. The van der Waals surface area contributed by atoms with E-state index < -0.39 is 6.09 Å². The number of anilines is 1. The fourth-order valence-electron chi connectivity index (χ4n) is 5.35. The van der Waals surface area contributed by atoms with Crippen molar-refractivity contribution in [3.05, 3.63) is 95.6 Å². The van der Waals surface area contributed by atoms with Crippen LogP contribution in [0.3, 0.4) is 0 Å². The van der Waals surface area contributed by atoms with Gasteiger partial charge in [-0.15, -0.1) is 0 Å². The fraction of sp³-hybridized carbons (Fsp3) is 0.281. The third-order valence-electron chi connectivity index (χ3n) is 6.85. The molecule has 2 aliphatic rings. The van der Waals surface area contributed by atoms with Crippen molar-refractivity contribution in [2.24, 2.45) is 0 Å². The minimum absolute atomic E-state index is 0.135. The highest BCUT2D eigenvalue weighted by molar-refractivity contribution is 5.91. The van der Waals surface area contributed by atoms with Crippen LogP contribution in [-0.4, -0.2) is 25.3 Å². The number of allylic oxidation sites excluding steroid dienone is 1. The summed E-state index contributed by atoms with van der Waals surface area (Å²) in [6.07, 6.45) is 6.14. The lowest BCUT2D eigenvalue weighted by atomic mass is 9.81. The summed E-state index contributed by atoms with van der Waals surface area (Å²) >= 11 is 0. The largest absolute Gasteiger partial charge is 0.496 e. The van der Waals surface area contributed by atoms with Crippen LogP contribution in [0.5, 0.6) is 11.5 Å². The number of nitrogens with one attached hydrogen (secondary N) is 2. The van der Waals surface area contributed by atoms with Gasteiger partial charge in [0, 0.05) is 29.8 Å². The summed E-state index contributed by atoms with van der Waals surface area (Å²) in [6.45, 7) is 7.12. The fourth-order valence-corrected chi connectivity index (χ4v) is 5.35. The molecule has 6 nitrogen and oxygen atoms in total. The predicted molar refractivity (Wildman–Crippen MR) is 152 cm³/mol. The molecule has 2 N–H and O–H groups in total. The Kier molecular flexibility index (Phi) is 7.14. The monoisotopic (exact) mass is 510 g/mol. The Balaban J connectivity index is 1.34. The predicted octanol–water partition coefficient (Wildman–Crippen LogP) is 7.28. The highest BCUT2D eigenvalue weighted by Gasteiger charge is 2.34. The molecule has 3 aromatic carbocycles. The molecule has 0 bridgehead atoms. The zero-order valence-corrected chi connectivity index (χ0v) is 22.3. The molecule has 5 rings (SSSR count). The molecular weight excluding hydrogens is 476 g/mol. The van der Waals surface area contributed by atoms with Gasteiger partial charge in [0.1, 0.15) is 24.2 Å². The number of amides is 1. The van der Waals surface area contributed by atoms with E-state index in [0.29, 0.717) is 13.0 Å². The molecule has 1 atom stereocenters. The lowest BCUT2D eigenvalue weighted by Gasteiger charge is -2.37. The van der Waals surface area contributed by atoms with Crippen LogP contribution in [0.15, 0.2) is 78.9 Å². The van der Waals surface area contributed by atoms with Gasteiger partial charge >= 0.3 is 6.09 Å². The van der Waals surface area contributed by atoms with Gasteiger partial charge in [0.15, 0.2) is 0 Å². The molecule has 0 saturated carbocycles. The molecule has 3 aromatic rings. The number of carbonyl (C=O) groups is 1. The minimum atomic E-state index is -0.442. The van der Waals surface area contributed by atoms with E-state index in [1.807, 2.05) is 60.7 Å². The summed E-state index contributed by atoms with van der Waals surface area (Å²) in [7, 11) is 1.69. The van der Waals surface area contributed by atoms with Crippen molar-refractivity contribution in [1.29, 1.82) is 0 Å². The maximum Gasteiger partial charge on any atom is 0.407 e. The van der Waals surface area contributed by atoms with E-state index in [1.165, 1.54) is 11.1 Å². The Labute approximate surface area is 224 Å². The summed E-state index contributed by atoms with van der Waals surface area (Å²) in [5.41, 5.74) is 7.62. The molecule has 6 heteroatoms. The Hall–Kier alpha value is -4.19. The highest BCUT2D eigenvalue weighted by atomic mass is 16.5. The number of alkyl carbamates (subject to hydrolysis) is 1. The molecule has 0 aromatic heterocycles. The van der Waals surface area contributed by atoms with Crippen LogP contribution in [0.4, 0.5) is 10.5 Å². The van der Waals surface area contributed by atoms with E-state index in [2.05, 4.69) is 49.6 Å². The van der Waals surface area contributed by atoms with Gasteiger partial charge in [-0.25, -0.2) is 4.79 Å². The summed E-state index contributed by atoms with van der Waals surface area (Å²) in [6, 6.07) is 20.0. The normalized spacial score (nSPS) is 16.7. The van der Waals surface area contributed by atoms with Crippen LogP contribution in [0, 0.1) is 0 Å². The molecular formula is C32H34N2O4. The van der Waals surface area contributed by atoms with Crippen LogP contribution < -0.4 is 20.1 Å². The standard InChI is InChI=1S/C32H34N2O4/c1-21-19-32(2,3)34-24-17-16-23-29-25(36-4)14-10-15-26(29)38-27(30(23)28(21)24)13-8-9-18-37-31(35)33-20-22-11-6-5-7-12-22/h5-12,14-17,19,27,34H,13,18,20H2,1-4H3,(H,33,35). The second kappa shape index (κ2) is 10.7. The second-order valence-corrected chi connectivity index (χ2v) is 10.2. The molecule has 0 aliphatic carbocycles. The van der Waals surface area contributed by atoms with Gasteiger partial charge in [-0.3, -0.25) is 0 Å². The Morgan fingerprint density at radius 3 is 2.66 bits per heavy atom. The first-order chi connectivity index (χ1) is 18.4. The molecule has 1 unspecified atom stereocenters. The topological polar surface area (TPSA) is 68.8 Å². The van der Waals surface area contributed by atoms with E-state index >= 15 is 0 Å². The van der Waals surface area contributed by atoms with Gasteiger partial charge < -0.3 is 24.8 Å². The van der Waals surface area contributed by atoms with Crippen molar-refractivity contribution >= 4 is 17.4 Å². The van der Waals surface area contributed by atoms with E-state index in [9.17, 15) is 4.79 Å². The maximum absolute atomic E-state index is 12.1. The molecule has 0 radical (unpaired) electrons. The molecule has 0 fully saturated rings. The number of benzene rings is 3. The van der Waals surface area contributed by atoms with Gasteiger partial charge in [0.05, 0.1) is 18.2 Å².